The number of carbonyl (C=O) groups excluding carboxylic acids is 1. The number of nitrogens with zero attached hydrogens (tertiary/aromatic N) is 2. The van der Waals surface area contributed by atoms with Crippen molar-refractivity contribution >= 4 is 11.6 Å². The predicted octanol–water partition coefficient (Wildman–Crippen LogP) is 1.50. The molecule has 0 bridgehead atoms. The Morgan fingerprint density at radius 2 is 2.42 bits per heavy atom. The van der Waals surface area contributed by atoms with Gasteiger partial charge in [-0.3, -0.25) is 9.78 Å². The number of aromatic nitrogens is 1. The molecule has 5 nitrogen and oxygen atoms in total. The first-order chi connectivity index (χ1) is 9.03. The summed E-state index contributed by atoms with van der Waals surface area (Å²) in [7, 11) is 0. The van der Waals surface area contributed by atoms with Crippen molar-refractivity contribution < 1.29 is 9.90 Å². The van der Waals surface area contributed by atoms with Crippen LogP contribution in [-0.2, 0) is 0 Å². The summed E-state index contributed by atoms with van der Waals surface area (Å²) in [5.41, 5.74) is 0.622. The van der Waals surface area contributed by atoms with E-state index in [4.69, 9.17) is 0 Å². The average Bonchev–Trinajstić information content (AvgIpc) is 2.76. The van der Waals surface area contributed by atoms with Crippen LogP contribution >= 0.6 is 0 Å². The molecule has 0 spiro atoms. The molecule has 2 rings (SSSR count). The molecule has 0 aliphatic carbocycles. The number of nitrogens with one attached hydrogen (secondary N) is 1. The lowest BCUT2D eigenvalue weighted by Gasteiger charge is -2.20. The second-order valence-corrected chi connectivity index (χ2v) is 5.32. The summed E-state index contributed by atoms with van der Waals surface area (Å²) in [4.78, 5) is 18.2. The summed E-state index contributed by atoms with van der Waals surface area (Å²) in [5.74, 6) is -0.0653. The predicted molar refractivity (Wildman–Crippen MR) is 74.2 cm³/mol. The van der Waals surface area contributed by atoms with Crippen molar-refractivity contribution in [3.05, 3.63) is 24.0 Å². The molecule has 0 saturated carbocycles. The van der Waals surface area contributed by atoms with Gasteiger partial charge in [-0.1, -0.05) is 6.92 Å². The maximum absolute atomic E-state index is 12.5. The summed E-state index contributed by atoms with van der Waals surface area (Å²) in [6.07, 6.45) is 4.88. The van der Waals surface area contributed by atoms with Crippen LogP contribution in [0, 0.1) is 0 Å². The van der Waals surface area contributed by atoms with Crippen LogP contribution in [0.15, 0.2) is 18.5 Å². The number of pyridine rings is 1. The van der Waals surface area contributed by atoms with E-state index >= 15 is 0 Å². The van der Waals surface area contributed by atoms with E-state index in [1.807, 2.05) is 6.07 Å². The molecule has 1 aromatic rings. The summed E-state index contributed by atoms with van der Waals surface area (Å²) in [6.45, 7) is 5.64. The molecule has 0 radical (unpaired) electrons. The highest BCUT2D eigenvalue weighted by atomic mass is 16.3. The number of carbonyl (C=O) groups is 1. The number of β-amino-alcohol motifs (C(OH)–C–C–N with tert-alkyl or cyclic N) is 1. The van der Waals surface area contributed by atoms with Crippen molar-refractivity contribution in [3.8, 4) is 0 Å². The minimum atomic E-state index is -0.769. The number of likely N-dealkylation sites (tertiary alicyclic amines) is 1. The van der Waals surface area contributed by atoms with Crippen molar-refractivity contribution in [3.63, 3.8) is 0 Å². The largest absolute Gasteiger partial charge is 0.388 e. The molecule has 0 aromatic carbocycles. The van der Waals surface area contributed by atoms with Gasteiger partial charge >= 0.3 is 0 Å². The summed E-state index contributed by atoms with van der Waals surface area (Å²) >= 11 is 0. The van der Waals surface area contributed by atoms with Gasteiger partial charge in [0, 0.05) is 32.0 Å². The van der Waals surface area contributed by atoms with E-state index in [2.05, 4.69) is 17.2 Å². The fourth-order valence-corrected chi connectivity index (χ4v) is 2.27. The molecule has 1 aliphatic rings. The van der Waals surface area contributed by atoms with Gasteiger partial charge in [-0.15, -0.1) is 0 Å². The highest BCUT2D eigenvalue weighted by Gasteiger charge is 2.34. The van der Waals surface area contributed by atoms with E-state index in [1.54, 1.807) is 24.2 Å². The molecule has 1 fully saturated rings. The summed E-state index contributed by atoms with van der Waals surface area (Å²) < 4.78 is 0. The minimum absolute atomic E-state index is 0.0653. The molecule has 2 heterocycles. The van der Waals surface area contributed by atoms with Crippen molar-refractivity contribution in [2.24, 2.45) is 0 Å². The van der Waals surface area contributed by atoms with E-state index in [0.29, 0.717) is 25.1 Å². The monoisotopic (exact) mass is 263 g/mol. The van der Waals surface area contributed by atoms with Gasteiger partial charge in [-0.25, -0.2) is 0 Å². The fourth-order valence-electron chi connectivity index (χ4n) is 2.27. The highest BCUT2D eigenvalue weighted by molar-refractivity contribution is 5.99. The Balaban J connectivity index is 2.15. The zero-order chi connectivity index (χ0) is 13.9. The Labute approximate surface area is 113 Å². The van der Waals surface area contributed by atoms with E-state index in [-0.39, 0.29) is 5.91 Å². The summed E-state index contributed by atoms with van der Waals surface area (Å²) in [5, 5.41) is 13.2. The maximum Gasteiger partial charge on any atom is 0.257 e. The van der Waals surface area contributed by atoms with Crippen molar-refractivity contribution in [2.75, 3.05) is 25.0 Å². The zero-order valence-electron chi connectivity index (χ0n) is 11.5. The summed E-state index contributed by atoms with van der Waals surface area (Å²) in [6, 6.07) is 1.82. The minimum Gasteiger partial charge on any atom is -0.388 e. The number of rotatable bonds is 4. The Morgan fingerprint density at radius 3 is 3.05 bits per heavy atom. The Hall–Kier alpha value is -1.62. The van der Waals surface area contributed by atoms with Gasteiger partial charge in [-0.05, 0) is 25.8 Å². The molecule has 1 aromatic heterocycles. The van der Waals surface area contributed by atoms with Gasteiger partial charge in [0.25, 0.3) is 5.91 Å². The first kappa shape index (κ1) is 13.8. The first-order valence-electron chi connectivity index (χ1n) is 6.73. The number of aliphatic hydroxyl groups is 1. The molecular formula is C14H21N3O2. The topological polar surface area (TPSA) is 65.5 Å². The van der Waals surface area contributed by atoms with E-state index < -0.39 is 5.60 Å². The van der Waals surface area contributed by atoms with Crippen molar-refractivity contribution in [1.82, 2.24) is 9.88 Å². The van der Waals surface area contributed by atoms with Gasteiger partial charge in [0.05, 0.1) is 16.9 Å². The maximum atomic E-state index is 12.5. The molecule has 5 heteroatoms. The molecule has 1 aliphatic heterocycles. The van der Waals surface area contributed by atoms with Gasteiger partial charge in [-0.2, -0.15) is 0 Å². The van der Waals surface area contributed by atoms with E-state index in [0.717, 1.165) is 18.7 Å². The lowest BCUT2D eigenvalue weighted by atomic mass is 10.1. The molecule has 1 atom stereocenters. The van der Waals surface area contributed by atoms with Crippen LogP contribution in [0.25, 0.3) is 0 Å². The van der Waals surface area contributed by atoms with E-state index in [1.165, 1.54) is 0 Å². The van der Waals surface area contributed by atoms with Gasteiger partial charge in [0.1, 0.15) is 0 Å². The first-order valence-corrected chi connectivity index (χ1v) is 6.73. The molecule has 1 saturated heterocycles. The zero-order valence-corrected chi connectivity index (χ0v) is 11.5. The number of hydrogen-bond donors (Lipinski definition) is 2. The smallest absolute Gasteiger partial charge is 0.257 e. The van der Waals surface area contributed by atoms with Crippen LogP contribution in [-0.4, -0.2) is 46.1 Å². The Bertz CT molecular complexity index is 460. The molecule has 19 heavy (non-hydrogen) atoms. The Morgan fingerprint density at radius 1 is 1.63 bits per heavy atom. The lowest BCUT2D eigenvalue weighted by Crippen LogP contribution is -2.34. The third-order valence-electron chi connectivity index (χ3n) is 3.36. The third kappa shape index (κ3) is 3.23. The highest BCUT2D eigenvalue weighted by Crippen LogP contribution is 2.24. The molecule has 2 N–H and O–H groups in total. The van der Waals surface area contributed by atoms with Crippen LogP contribution in [0.3, 0.4) is 0 Å². The van der Waals surface area contributed by atoms with Crippen molar-refractivity contribution in [2.45, 2.75) is 32.3 Å². The van der Waals surface area contributed by atoms with Gasteiger partial charge in [0.15, 0.2) is 0 Å². The van der Waals surface area contributed by atoms with Crippen LogP contribution in [0.4, 0.5) is 5.69 Å². The fraction of sp³-hybridized carbons (Fsp3) is 0.571. The lowest BCUT2D eigenvalue weighted by molar-refractivity contribution is 0.0572. The van der Waals surface area contributed by atoms with Gasteiger partial charge in [0.2, 0.25) is 0 Å². The molecule has 104 valence electrons. The normalized spacial score (nSPS) is 22.6. The van der Waals surface area contributed by atoms with Crippen molar-refractivity contribution in [1.29, 1.82) is 0 Å². The quantitative estimate of drug-likeness (QED) is 0.864. The van der Waals surface area contributed by atoms with E-state index in [9.17, 15) is 9.90 Å². The molecule has 1 unspecified atom stereocenters. The standard InChI is InChI=1S/C14H21N3O2/c1-3-6-16-12-4-7-15-9-11(12)13(18)17-8-5-14(2,19)10-17/h4,7,9,19H,3,5-6,8,10H2,1-2H3,(H,15,16). The second kappa shape index (κ2) is 5.57. The van der Waals surface area contributed by atoms with Crippen LogP contribution in [0.2, 0.25) is 0 Å². The SMILES string of the molecule is CCCNc1ccncc1C(=O)N1CCC(C)(O)C1. The number of amides is 1. The third-order valence-corrected chi connectivity index (χ3v) is 3.36. The van der Waals surface area contributed by atoms with Crippen LogP contribution in [0.1, 0.15) is 37.0 Å². The number of hydrogen-bond acceptors (Lipinski definition) is 4. The Kier molecular flexibility index (Phi) is 4.04. The van der Waals surface area contributed by atoms with Crippen LogP contribution < -0.4 is 5.32 Å². The number of anilines is 1. The molecule has 1 amide bonds. The van der Waals surface area contributed by atoms with Gasteiger partial charge < -0.3 is 15.3 Å². The van der Waals surface area contributed by atoms with Crippen LogP contribution in [0.5, 0.6) is 0 Å². The molecular weight excluding hydrogens is 242 g/mol. The average molecular weight is 263 g/mol. The second-order valence-electron chi connectivity index (χ2n) is 5.32.